The van der Waals surface area contributed by atoms with Crippen LogP contribution in [0.3, 0.4) is 0 Å². The molecule has 0 fully saturated rings. The van der Waals surface area contributed by atoms with Crippen LogP contribution in [0.15, 0.2) is 18.3 Å². The molecule has 0 atom stereocenters. The molecule has 14 heavy (non-hydrogen) atoms. The molecule has 0 unspecified atom stereocenters. The lowest BCUT2D eigenvalue weighted by Gasteiger charge is -2.02. The van der Waals surface area contributed by atoms with Crippen LogP contribution >= 0.6 is 0 Å². The molecule has 0 aliphatic carbocycles. The molecule has 0 amide bonds. The highest BCUT2D eigenvalue weighted by Crippen LogP contribution is 2.16. The predicted octanol–water partition coefficient (Wildman–Crippen LogP) is 1.49. The van der Waals surface area contributed by atoms with Crippen LogP contribution in [-0.4, -0.2) is 20.0 Å². The van der Waals surface area contributed by atoms with Crippen LogP contribution in [0.1, 0.15) is 11.3 Å². The molecule has 0 N–H and O–H groups in total. The number of rotatable bonds is 1. The van der Waals surface area contributed by atoms with Crippen molar-refractivity contribution >= 4 is 0 Å². The summed E-state index contributed by atoms with van der Waals surface area (Å²) in [5, 5.41) is 12.3. The lowest BCUT2D eigenvalue weighted by atomic mass is 10.2. The van der Waals surface area contributed by atoms with Crippen molar-refractivity contribution in [3.8, 4) is 11.4 Å². The predicted molar refractivity (Wildman–Crippen MR) is 53.7 cm³/mol. The van der Waals surface area contributed by atoms with Gasteiger partial charge < -0.3 is 0 Å². The Morgan fingerprint density at radius 1 is 1.21 bits per heavy atom. The van der Waals surface area contributed by atoms with Gasteiger partial charge in [0.15, 0.2) is 0 Å². The van der Waals surface area contributed by atoms with Gasteiger partial charge in [0, 0.05) is 13.2 Å². The quantitative estimate of drug-likeness (QED) is 0.681. The number of aromatic nitrogens is 4. The van der Waals surface area contributed by atoms with Gasteiger partial charge >= 0.3 is 0 Å². The van der Waals surface area contributed by atoms with Gasteiger partial charge in [0.25, 0.3) is 0 Å². The lowest BCUT2D eigenvalue weighted by molar-refractivity contribution is 0.769. The van der Waals surface area contributed by atoms with Crippen LogP contribution in [0.2, 0.25) is 0 Å². The van der Waals surface area contributed by atoms with E-state index in [1.54, 1.807) is 10.9 Å². The highest BCUT2D eigenvalue weighted by atomic mass is 15.3. The molecule has 2 rings (SSSR count). The molecular weight excluding hydrogens is 176 g/mol. The Balaban J connectivity index is 2.53. The molecule has 2 heterocycles. The molecule has 72 valence electrons. The lowest BCUT2D eigenvalue weighted by Crippen LogP contribution is -1.98. The van der Waals surface area contributed by atoms with Gasteiger partial charge in [0.1, 0.15) is 5.69 Å². The largest absolute Gasteiger partial charge is 0.266 e. The summed E-state index contributed by atoms with van der Waals surface area (Å²) in [4.78, 5) is 0. The van der Waals surface area contributed by atoms with E-state index >= 15 is 0 Å². The Morgan fingerprint density at radius 3 is 2.57 bits per heavy atom. The van der Waals surface area contributed by atoms with Crippen LogP contribution in [-0.2, 0) is 7.05 Å². The first-order valence-corrected chi connectivity index (χ1v) is 4.48. The van der Waals surface area contributed by atoms with Crippen LogP contribution in [0.5, 0.6) is 0 Å². The molecule has 0 aliphatic rings. The average molecular weight is 188 g/mol. The van der Waals surface area contributed by atoms with E-state index in [1.165, 1.54) is 0 Å². The SMILES string of the molecule is Cc1cc(-c2ccnn2C)nnc1C. The van der Waals surface area contributed by atoms with Gasteiger partial charge in [-0.05, 0) is 31.5 Å². The minimum atomic E-state index is 0.869. The first kappa shape index (κ1) is 8.87. The van der Waals surface area contributed by atoms with Gasteiger partial charge in [0.2, 0.25) is 0 Å². The van der Waals surface area contributed by atoms with Crippen molar-refractivity contribution < 1.29 is 0 Å². The molecule has 2 aromatic heterocycles. The molecule has 0 saturated heterocycles. The van der Waals surface area contributed by atoms with Crippen molar-refractivity contribution in [2.24, 2.45) is 7.05 Å². The Labute approximate surface area is 82.6 Å². The number of aryl methyl sites for hydroxylation is 3. The Bertz CT molecular complexity index is 459. The Morgan fingerprint density at radius 2 is 2.00 bits per heavy atom. The molecule has 0 aromatic carbocycles. The molecular formula is C10H12N4. The van der Waals surface area contributed by atoms with Gasteiger partial charge in [0.05, 0.1) is 11.4 Å². The molecule has 4 nitrogen and oxygen atoms in total. The summed E-state index contributed by atoms with van der Waals surface area (Å²) in [6.45, 7) is 3.99. The molecule has 0 bridgehead atoms. The second-order valence-electron chi connectivity index (χ2n) is 3.34. The maximum absolute atomic E-state index is 4.13. The average Bonchev–Trinajstić information content (AvgIpc) is 2.57. The highest BCUT2D eigenvalue weighted by Gasteiger charge is 2.05. The molecule has 0 saturated carbocycles. The molecule has 2 aromatic rings. The Kier molecular flexibility index (Phi) is 2.04. The fourth-order valence-electron chi connectivity index (χ4n) is 1.30. The van der Waals surface area contributed by atoms with E-state index in [4.69, 9.17) is 0 Å². The maximum Gasteiger partial charge on any atom is 0.111 e. The van der Waals surface area contributed by atoms with Crippen molar-refractivity contribution in [2.45, 2.75) is 13.8 Å². The molecule has 0 radical (unpaired) electrons. The summed E-state index contributed by atoms with van der Waals surface area (Å²) in [7, 11) is 1.90. The van der Waals surface area contributed by atoms with Crippen LogP contribution in [0, 0.1) is 13.8 Å². The molecule has 4 heteroatoms. The third kappa shape index (κ3) is 1.39. The monoisotopic (exact) mass is 188 g/mol. The third-order valence-electron chi connectivity index (χ3n) is 2.31. The van der Waals surface area contributed by atoms with Crippen molar-refractivity contribution in [1.29, 1.82) is 0 Å². The van der Waals surface area contributed by atoms with Gasteiger partial charge in [-0.1, -0.05) is 0 Å². The summed E-state index contributed by atoms with van der Waals surface area (Å²) < 4.78 is 1.79. The topological polar surface area (TPSA) is 43.6 Å². The summed E-state index contributed by atoms with van der Waals surface area (Å²) in [6.07, 6.45) is 1.76. The minimum absolute atomic E-state index is 0.869. The van der Waals surface area contributed by atoms with Crippen molar-refractivity contribution in [2.75, 3.05) is 0 Å². The number of nitrogens with zero attached hydrogens (tertiary/aromatic N) is 4. The molecule has 0 aliphatic heterocycles. The zero-order chi connectivity index (χ0) is 10.1. The smallest absolute Gasteiger partial charge is 0.111 e. The number of hydrogen-bond donors (Lipinski definition) is 0. The second kappa shape index (κ2) is 3.21. The van der Waals surface area contributed by atoms with E-state index in [9.17, 15) is 0 Å². The van der Waals surface area contributed by atoms with Crippen LogP contribution < -0.4 is 0 Å². The van der Waals surface area contributed by atoms with E-state index in [1.807, 2.05) is 33.0 Å². The fraction of sp³-hybridized carbons (Fsp3) is 0.300. The normalized spacial score (nSPS) is 10.5. The van der Waals surface area contributed by atoms with Crippen molar-refractivity contribution in [1.82, 2.24) is 20.0 Å². The number of hydrogen-bond acceptors (Lipinski definition) is 3. The standard InChI is InChI=1S/C10H12N4/c1-7-6-9(13-12-8(7)2)10-4-5-11-14(10)3/h4-6H,1-3H3. The van der Waals surface area contributed by atoms with Crippen LogP contribution in [0.4, 0.5) is 0 Å². The summed E-state index contributed by atoms with van der Waals surface area (Å²) in [5.74, 6) is 0. The fourth-order valence-corrected chi connectivity index (χ4v) is 1.30. The van der Waals surface area contributed by atoms with E-state index in [0.29, 0.717) is 0 Å². The van der Waals surface area contributed by atoms with Gasteiger partial charge in [-0.15, -0.1) is 5.10 Å². The van der Waals surface area contributed by atoms with E-state index in [0.717, 1.165) is 22.6 Å². The van der Waals surface area contributed by atoms with E-state index < -0.39 is 0 Å². The first-order valence-electron chi connectivity index (χ1n) is 4.48. The summed E-state index contributed by atoms with van der Waals surface area (Å²) >= 11 is 0. The van der Waals surface area contributed by atoms with E-state index in [-0.39, 0.29) is 0 Å². The highest BCUT2D eigenvalue weighted by molar-refractivity contribution is 5.54. The van der Waals surface area contributed by atoms with Crippen molar-refractivity contribution in [3.63, 3.8) is 0 Å². The Hall–Kier alpha value is -1.71. The van der Waals surface area contributed by atoms with Crippen LogP contribution in [0.25, 0.3) is 11.4 Å². The second-order valence-corrected chi connectivity index (χ2v) is 3.34. The van der Waals surface area contributed by atoms with E-state index in [2.05, 4.69) is 15.3 Å². The minimum Gasteiger partial charge on any atom is -0.266 e. The van der Waals surface area contributed by atoms with Gasteiger partial charge in [-0.2, -0.15) is 10.2 Å². The summed E-state index contributed by atoms with van der Waals surface area (Å²) in [6, 6.07) is 3.96. The van der Waals surface area contributed by atoms with Crippen molar-refractivity contribution in [3.05, 3.63) is 29.6 Å². The van der Waals surface area contributed by atoms with Gasteiger partial charge in [-0.25, -0.2) is 0 Å². The third-order valence-corrected chi connectivity index (χ3v) is 2.31. The first-order chi connectivity index (χ1) is 6.68. The zero-order valence-electron chi connectivity index (χ0n) is 8.52. The zero-order valence-corrected chi connectivity index (χ0v) is 8.52. The van der Waals surface area contributed by atoms with Gasteiger partial charge in [-0.3, -0.25) is 4.68 Å². The maximum atomic E-state index is 4.13. The summed E-state index contributed by atoms with van der Waals surface area (Å²) in [5.41, 5.74) is 3.97. The molecule has 0 spiro atoms.